The first-order chi connectivity index (χ1) is 19.7. The predicted octanol–water partition coefficient (Wildman–Crippen LogP) is 9.47. The smallest absolute Gasteiger partial charge is 0.343 e. The summed E-state index contributed by atoms with van der Waals surface area (Å²) in [6.07, 6.45) is 13.2. The molecule has 0 bridgehead atoms. The molecule has 1 aliphatic heterocycles. The molecule has 6 heteroatoms. The van der Waals surface area contributed by atoms with Gasteiger partial charge in [0.1, 0.15) is 17.1 Å². The van der Waals surface area contributed by atoms with Crippen molar-refractivity contribution < 1.29 is 29.6 Å². The summed E-state index contributed by atoms with van der Waals surface area (Å²) in [6.45, 7) is 17.5. The van der Waals surface area contributed by atoms with Crippen molar-refractivity contribution in [1.82, 2.24) is 0 Å². The minimum absolute atomic E-state index is 0.0498. The van der Waals surface area contributed by atoms with Crippen LogP contribution in [0, 0.1) is 38.5 Å². The van der Waals surface area contributed by atoms with Gasteiger partial charge in [-0.25, -0.2) is 4.79 Å². The Kier molecular flexibility index (Phi) is 11.6. The lowest BCUT2D eigenvalue weighted by molar-refractivity contribution is 0.0508. The summed E-state index contributed by atoms with van der Waals surface area (Å²) in [5.41, 5.74) is 3.43. The Morgan fingerprint density at radius 3 is 1.98 bits per heavy atom. The fraction of sp³-hybridized carbons (Fsp3) is 0.639. The maximum atomic E-state index is 12.9. The molecule has 0 aromatic heterocycles. The fourth-order valence-corrected chi connectivity index (χ4v) is 6.29. The third-order valence-corrected chi connectivity index (χ3v) is 9.34. The highest BCUT2D eigenvalue weighted by Gasteiger charge is 2.35. The van der Waals surface area contributed by atoms with Gasteiger partial charge < -0.3 is 24.8 Å². The number of hydrogen-bond donors (Lipinski definition) is 3. The largest absolute Gasteiger partial charge is 0.504 e. The van der Waals surface area contributed by atoms with E-state index in [9.17, 15) is 20.1 Å². The molecular weight excluding hydrogens is 528 g/mol. The first-order valence-electron chi connectivity index (χ1n) is 16.0. The summed E-state index contributed by atoms with van der Waals surface area (Å²) >= 11 is 0. The quantitative estimate of drug-likeness (QED) is 0.117. The van der Waals surface area contributed by atoms with Crippen molar-refractivity contribution in [1.29, 1.82) is 0 Å². The zero-order chi connectivity index (χ0) is 31.2. The van der Waals surface area contributed by atoms with Gasteiger partial charge in [0, 0.05) is 5.56 Å². The van der Waals surface area contributed by atoms with Crippen molar-refractivity contribution in [3.8, 4) is 28.7 Å². The third-order valence-electron chi connectivity index (χ3n) is 9.34. The Morgan fingerprint density at radius 1 is 0.857 bits per heavy atom. The van der Waals surface area contributed by atoms with Gasteiger partial charge in [-0.05, 0) is 100.0 Å². The summed E-state index contributed by atoms with van der Waals surface area (Å²) in [7, 11) is 0. The van der Waals surface area contributed by atoms with E-state index in [2.05, 4.69) is 34.6 Å². The first-order valence-corrected chi connectivity index (χ1v) is 16.0. The van der Waals surface area contributed by atoms with Crippen molar-refractivity contribution >= 4 is 5.97 Å². The van der Waals surface area contributed by atoms with Crippen LogP contribution in [0.3, 0.4) is 0 Å². The van der Waals surface area contributed by atoms with Gasteiger partial charge in [-0.2, -0.15) is 0 Å². The zero-order valence-electron chi connectivity index (χ0n) is 27.2. The molecule has 0 aliphatic carbocycles. The molecule has 0 radical (unpaired) electrons. The molecule has 0 saturated heterocycles. The van der Waals surface area contributed by atoms with Crippen molar-refractivity contribution in [2.24, 2.45) is 17.8 Å². The fourth-order valence-electron chi connectivity index (χ4n) is 6.29. The maximum Gasteiger partial charge on any atom is 0.343 e. The number of ether oxygens (including phenoxy) is 2. The van der Waals surface area contributed by atoms with Crippen LogP contribution in [0.15, 0.2) is 12.1 Å². The number of phenolic OH excluding ortho intramolecular Hbond substituents is 3. The molecule has 2 aromatic carbocycles. The molecule has 1 heterocycles. The number of rotatable bonds is 14. The first kappa shape index (κ1) is 33.6. The third kappa shape index (κ3) is 8.58. The van der Waals surface area contributed by atoms with Crippen LogP contribution in [0.5, 0.6) is 28.7 Å². The van der Waals surface area contributed by atoms with Crippen molar-refractivity contribution in [2.75, 3.05) is 0 Å². The topological polar surface area (TPSA) is 96.2 Å². The number of carbonyl (C=O) groups is 1. The lowest BCUT2D eigenvalue weighted by Gasteiger charge is -2.38. The van der Waals surface area contributed by atoms with Gasteiger partial charge >= 0.3 is 5.97 Å². The van der Waals surface area contributed by atoms with Crippen LogP contribution in [-0.2, 0) is 6.42 Å². The maximum absolute atomic E-state index is 12.9. The SMILES string of the molecule is Cc1c(C)c2c(c(C)c1OC(=O)c1cc(O)c(O)c(O)c1)CCC(C)(CCCC(C)CCCC(C)CCCC(C)C)O2. The van der Waals surface area contributed by atoms with E-state index in [1.807, 2.05) is 20.8 Å². The highest BCUT2D eigenvalue weighted by atomic mass is 16.5. The van der Waals surface area contributed by atoms with Crippen LogP contribution < -0.4 is 9.47 Å². The summed E-state index contributed by atoms with van der Waals surface area (Å²) in [5.74, 6) is 1.19. The van der Waals surface area contributed by atoms with Gasteiger partial charge in [-0.3, -0.25) is 0 Å². The number of fused-ring (bicyclic) bond motifs is 1. The monoisotopic (exact) mass is 582 g/mol. The molecule has 3 N–H and O–H groups in total. The highest BCUT2D eigenvalue weighted by molar-refractivity contribution is 5.93. The normalized spacial score (nSPS) is 17.9. The van der Waals surface area contributed by atoms with Gasteiger partial charge in [0.25, 0.3) is 0 Å². The minimum Gasteiger partial charge on any atom is -0.504 e. The van der Waals surface area contributed by atoms with Crippen LogP contribution in [0.4, 0.5) is 0 Å². The van der Waals surface area contributed by atoms with Crippen LogP contribution in [0.25, 0.3) is 0 Å². The van der Waals surface area contributed by atoms with Gasteiger partial charge in [0.2, 0.25) is 0 Å². The second-order valence-corrected chi connectivity index (χ2v) is 13.7. The van der Waals surface area contributed by atoms with E-state index < -0.39 is 23.2 Å². The van der Waals surface area contributed by atoms with Gasteiger partial charge in [0.05, 0.1) is 5.56 Å². The molecule has 42 heavy (non-hydrogen) atoms. The van der Waals surface area contributed by atoms with Crippen LogP contribution >= 0.6 is 0 Å². The van der Waals surface area contributed by atoms with E-state index in [4.69, 9.17) is 9.47 Å². The highest BCUT2D eigenvalue weighted by Crippen LogP contribution is 2.45. The molecule has 3 unspecified atom stereocenters. The number of phenols is 3. The molecule has 234 valence electrons. The number of aromatic hydroxyl groups is 3. The molecule has 1 aliphatic rings. The average molecular weight is 583 g/mol. The van der Waals surface area contributed by atoms with Gasteiger partial charge in [0.15, 0.2) is 17.2 Å². The Balaban J connectivity index is 1.56. The van der Waals surface area contributed by atoms with E-state index in [1.54, 1.807) is 0 Å². The summed E-state index contributed by atoms with van der Waals surface area (Å²) in [6, 6.07) is 2.16. The second kappa shape index (κ2) is 14.5. The number of esters is 1. The predicted molar refractivity (Wildman–Crippen MR) is 169 cm³/mol. The van der Waals surface area contributed by atoms with E-state index in [-0.39, 0.29) is 11.2 Å². The number of hydrogen-bond acceptors (Lipinski definition) is 6. The Labute approximate surface area is 253 Å². The Morgan fingerprint density at radius 2 is 1.40 bits per heavy atom. The minimum atomic E-state index is -0.720. The molecular formula is C36H54O6. The number of benzene rings is 2. The lowest BCUT2D eigenvalue weighted by Crippen LogP contribution is -2.37. The van der Waals surface area contributed by atoms with Crippen molar-refractivity contribution in [2.45, 2.75) is 132 Å². The van der Waals surface area contributed by atoms with Gasteiger partial charge in [-0.15, -0.1) is 0 Å². The lowest BCUT2D eigenvalue weighted by atomic mass is 9.83. The van der Waals surface area contributed by atoms with Crippen molar-refractivity contribution in [3.05, 3.63) is 39.9 Å². The Hall–Kier alpha value is -2.89. The molecule has 2 aromatic rings. The van der Waals surface area contributed by atoms with Crippen LogP contribution in [0.2, 0.25) is 0 Å². The molecule has 0 fully saturated rings. The number of carbonyl (C=O) groups excluding carboxylic acids is 1. The Bertz CT molecular complexity index is 1210. The van der Waals surface area contributed by atoms with Crippen LogP contribution in [0.1, 0.15) is 131 Å². The zero-order valence-corrected chi connectivity index (χ0v) is 27.2. The second-order valence-electron chi connectivity index (χ2n) is 13.7. The standard InChI is InChI=1S/C36H54O6/c1-22(2)12-9-13-23(3)14-10-15-24(4)16-11-18-36(8)19-17-29-27(7)33(25(5)26(6)34(29)42-36)41-35(40)28-20-30(37)32(39)31(38)21-28/h20-24,37-39H,9-19H2,1-8H3. The molecule has 3 rings (SSSR count). The summed E-state index contributed by atoms with van der Waals surface area (Å²) in [5, 5.41) is 29.2. The summed E-state index contributed by atoms with van der Waals surface area (Å²) < 4.78 is 12.5. The van der Waals surface area contributed by atoms with Crippen molar-refractivity contribution in [3.63, 3.8) is 0 Å². The van der Waals surface area contributed by atoms with E-state index in [0.717, 1.165) is 83.6 Å². The van der Waals surface area contributed by atoms with E-state index in [1.165, 1.54) is 44.9 Å². The van der Waals surface area contributed by atoms with Crippen LogP contribution in [-0.4, -0.2) is 26.9 Å². The molecule has 0 saturated carbocycles. The molecule has 0 amide bonds. The van der Waals surface area contributed by atoms with E-state index >= 15 is 0 Å². The summed E-state index contributed by atoms with van der Waals surface area (Å²) in [4.78, 5) is 12.9. The molecule has 0 spiro atoms. The van der Waals surface area contributed by atoms with Gasteiger partial charge in [-0.1, -0.05) is 72.6 Å². The average Bonchev–Trinajstić information content (AvgIpc) is 2.92. The molecule has 3 atom stereocenters. The molecule has 6 nitrogen and oxygen atoms in total. The van der Waals surface area contributed by atoms with E-state index in [0.29, 0.717) is 5.75 Å².